The second-order valence-electron chi connectivity index (χ2n) is 6.72. The van der Waals surface area contributed by atoms with E-state index < -0.39 is 5.91 Å². The van der Waals surface area contributed by atoms with Gasteiger partial charge >= 0.3 is 0 Å². The Morgan fingerprint density at radius 2 is 1.78 bits per heavy atom. The van der Waals surface area contributed by atoms with Crippen molar-refractivity contribution in [3.63, 3.8) is 0 Å². The topological polar surface area (TPSA) is 106 Å². The number of hydrogen-bond donors (Lipinski definition) is 3. The van der Waals surface area contributed by atoms with Crippen LogP contribution in [0, 0.1) is 0 Å². The van der Waals surface area contributed by atoms with Gasteiger partial charge in [0.15, 0.2) is 5.69 Å². The Morgan fingerprint density at radius 1 is 1.07 bits per heavy atom. The normalized spacial score (nSPS) is 12.3. The average molecular weight is 364 g/mol. The SMILES string of the molecule is CNC[C@@H](Nc1ncnc2c(C(N)=O)nccc12)c1ccc(C(C)C)cc1. The van der Waals surface area contributed by atoms with Gasteiger partial charge in [-0.2, -0.15) is 0 Å². The van der Waals surface area contributed by atoms with E-state index in [2.05, 4.69) is 63.7 Å². The maximum absolute atomic E-state index is 11.6. The van der Waals surface area contributed by atoms with Crippen molar-refractivity contribution in [2.45, 2.75) is 25.8 Å². The first-order chi connectivity index (χ1) is 13.0. The predicted molar refractivity (Wildman–Crippen MR) is 107 cm³/mol. The highest BCUT2D eigenvalue weighted by Gasteiger charge is 2.16. The zero-order chi connectivity index (χ0) is 19.4. The van der Waals surface area contributed by atoms with Crippen molar-refractivity contribution in [1.29, 1.82) is 0 Å². The summed E-state index contributed by atoms with van der Waals surface area (Å²) in [6, 6.07) is 10.3. The lowest BCUT2D eigenvalue weighted by Gasteiger charge is -2.21. The number of carbonyl (C=O) groups excluding carboxylic acids is 1. The fraction of sp³-hybridized carbons (Fsp3) is 0.300. The van der Waals surface area contributed by atoms with E-state index >= 15 is 0 Å². The van der Waals surface area contributed by atoms with Crippen LogP contribution in [-0.4, -0.2) is 34.5 Å². The van der Waals surface area contributed by atoms with Crippen molar-refractivity contribution in [2.24, 2.45) is 5.73 Å². The van der Waals surface area contributed by atoms with Crippen LogP contribution in [0.4, 0.5) is 5.82 Å². The van der Waals surface area contributed by atoms with Gasteiger partial charge in [-0.25, -0.2) is 15.0 Å². The van der Waals surface area contributed by atoms with Gasteiger partial charge in [0.2, 0.25) is 0 Å². The molecule has 7 heteroatoms. The van der Waals surface area contributed by atoms with E-state index in [4.69, 9.17) is 5.73 Å². The summed E-state index contributed by atoms with van der Waals surface area (Å²) in [5.41, 5.74) is 8.45. The first kappa shape index (κ1) is 18.7. The molecule has 0 radical (unpaired) electrons. The second-order valence-corrected chi connectivity index (χ2v) is 6.72. The summed E-state index contributed by atoms with van der Waals surface area (Å²) >= 11 is 0. The minimum absolute atomic E-state index is 0.000458. The summed E-state index contributed by atoms with van der Waals surface area (Å²) in [4.78, 5) is 24.2. The molecule has 2 aromatic heterocycles. The zero-order valence-corrected chi connectivity index (χ0v) is 15.7. The number of nitrogens with one attached hydrogen (secondary N) is 2. The van der Waals surface area contributed by atoms with Crippen molar-refractivity contribution in [3.8, 4) is 0 Å². The third-order valence-electron chi connectivity index (χ3n) is 4.51. The Hall–Kier alpha value is -3.06. The van der Waals surface area contributed by atoms with E-state index in [1.807, 2.05) is 7.05 Å². The number of hydrogen-bond acceptors (Lipinski definition) is 6. The summed E-state index contributed by atoms with van der Waals surface area (Å²) < 4.78 is 0. The molecule has 0 saturated carbocycles. The summed E-state index contributed by atoms with van der Waals surface area (Å²) in [7, 11) is 1.91. The minimum Gasteiger partial charge on any atom is -0.364 e. The summed E-state index contributed by atoms with van der Waals surface area (Å²) in [6.45, 7) is 5.06. The van der Waals surface area contributed by atoms with E-state index in [1.165, 1.54) is 11.9 Å². The third-order valence-corrected chi connectivity index (χ3v) is 4.51. The largest absolute Gasteiger partial charge is 0.364 e. The lowest BCUT2D eigenvalue weighted by molar-refractivity contribution is 0.0997. The highest BCUT2D eigenvalue weighted by Crippen LogP contribution is 2.26. The summed E-state index contributed by atoms with van der Waals surface area (Å²) in [5, 5.41) is 7.38. The van der Waals surface area contributed by atoms with Crippen molar-refractivity contribution in [2.75, 3.05) is 18.9 Å². The number of fused-ring (bicyclic) bond motifs is 1. The Morgan fingerprint density at radius 3 is 2.41 bits per heavy atom. The Bertz CT molecular complexity index is 939. The number of anilines is 1. The predicted octanol–water partition coefficient (Wildman–Crippen LogP) is 2.62. The third kappa shape index (κ3) is 4.03. The number of nitrogens with two attached hydrogens (primary N) is 1. The fourth-order valence-electron chi connectivity index (χ4n) is 3.02. The van der Waals surface area contributed by atoms with Crippen LogP contribution in [0.15, 0.2) is 42.9 Å². The monoisotopic (exact) mass is 364 g/mol. The van der Waals surface area contributed by atoms with Gasteiger partial charge in [-0.05, 0) is 30.2 Å². The van der Waals surface area contributed by atoms with Crippen LogP contribution in [0.3, 0.4) is 0 Å². The molecular weight excluding hydrogens is 340 g/mol. The summed E-state index contributed by atoms with van der Waals surface area (Å²) in [5.74, 6) is 0.514. The van der Waals surface area contributed by atoms with E-state index in [0.29, 0.717) is 29.2 Å². The molecule has 0 bridgehead atoms. The van der Waals surface area contributed by atoms with Crippen LogP contribution >= 0.6 is 0 Å². The number of nitrogens with zero attached hydrogens (tertiary/aromatic N) is 3. The first-order valence-electron chi connectivity index (χ1n) is 8.91. The van der Waals surface area contributed by atoms with Crippen LogP contribution in [0.1, 0.15) is 47.4 Å². The molecule has 27 heavy (non-hydrogen) atoms. The molecule has 1 atom stereocenters. The van der Waals surface area contributed by atoms with Gasteiger partial charge in [0.05, 0.1) is 6.04 Å². The molecule has 0 saturated heterocycles. The molecule has 0 fully saturated rings. The van der Waals surface area contributed by atoms with Gasteiger partial charge in [-0.1, -0.05) is 38.1 Å². The van der Waals surface area contributed by atoms with E-state index in [0.717, 1.165) is 5.56 Å². The zero-order valence-electron chi connectivity index (χ0n) is 15.7. The van der Waals surface area contributed by atoms with Gasteiger partial charge in [-0.15, -0.1) is 0 Å². The van der Waals surface area contributed by atoms with E-state index in [-0.39, 0.29) is 11.7 Å². The minimum atomic E-state index is -0.610. The molecule has 1 aromatic carbocycles. The lowest BCUT2D eigenvalue weighted by Crippen LogP contribution is -2.24. The second kappa shape index (κ2) is 8.09. The van der Waals surface area contributed by atoms with Gasteiger partial charge in [0.1, 0.15) is 17.7 Å². The molecule has 140 valence electrons. The van der Waals surface area contributed by atoms with Crippen molar-refractivity contribution in [1.82, 2.24) is 20.3 Å². The number of pyridine rings is 1. The molecule has 0 unspecified atom stereocenters. The number of benzene rings is 1. The van der Waals surface area contributed by atoms with Crippen LogP contribution in [0.25, 0.3) is 10.9 Å². The number of carbonyl (C=O) groups is 1. The number of primary amides is 1. The van der Waals surface area contributed by atoms with Gasteiger partial charge < -0.3 is 16.4 Å². The molecule has 0 aliphatic carbocycles. The molecule has 3 aromatic rings. The number of amides is 1. The molecule has 3 rings (SSSR count). The fourth-order valence-corrected chi connectivity index (χ4v) is 3.02. The van der Waals surface area contributed by atoms with E-state index in [1.54, 1.807) is 12.3 Å². The molecule has 0 spiro atoms. The highest BCUT2D eigenvalue weighted by atomic mass is 16.1. The molecule has 1 amide bonds. The van der Waals surface area contributed by atoms with Crippen LogP contribution in [0.5, 0.6) is 0 Å². The maximum atomic E-state index is 11.6. The van der Waals surface area contributed by atoms with Crippen LogP contribution in [0.2, 0.25) is 0 Å². The molecule has 0 aliphatic heterocycles. The molecule has 7 nitrogen and oxygen atoms in total. The molecule has 2 heterocycles. The Balaban J connectivity index is 1.97. The van der Waals surface area contributed by atoms with Crippen molar-refractivity contribution < 1.29 is 4.79 Å². The summed E-state index contributed by atoms with van der Waals surface area (Å²) in [6.07, 6.45) is 2.96. The van der Waals surface area contributed by atoms with E-state index in [9.17, 15) is 4.79 Å². The van der Waals surface area contributed by atoms with Crippen molar-refractivity contribution >= 4 is 22.6 Å². The molecule has 0 aliphatic rings. The molecular formula is C20H24N6O. The molecule has 4 N–H and O–H groups in total. The van der Waals surface area contributed by atoms with Gasteiger partial charge in [-0.3, -0.25) is 4.79 Å². The number of aromatic nitrogens is 3. The number of likely N-dealkylation sites (N-methyl/N-ethyl adjacent to an activating group) is 1. The lowest BCUT2D eigenvalue weighted by atomic mass is 9.99. The standard InChI is InChI=1S/C20H24N6O/c1-12(2)13-4-6-14(7-5-13)16(10-22-3)26-20-15-8-9-23-18(19(21)27)17(15)24-11-25-20/h4-9,11-12,16,22H,10H2,1-3H3,(H2,21,27)(H,24,25,26)/t16-/m1/s1. The van der Waals surface area contributed by atoms with Crippen molar-refractivity contribution in [3.05, 3.63) is 59.7 Å². The van der Waals surface area contributed by atoms with Crippen LogP contribution in [-0.2, 0) is 0 Å². The van der Waals surface area contributed by atoms with Gasteiger partial charge in [0.25, 0.3) is 5.91 Å². The Labute approximate surface area is 158 Å². The quantitative estimate of drug-likeness (QED) is 0.595. The highest BCUT2D eigenvalue weighted by molar-refractivity contribution is 6.05. The average Bonchev–Trinajstić information content (AvgIpc) is 2.67. The maximum Gasteiger partial charge on any atom is 0.269 e. The Kier molecular flexibility index (Phi) is 5.61. The van der Waals surface area contributed by atoms with Crippen LogP contribution < -0.4 is 16.4 Å². The number of rotatable bonds is 7. The van der Waals surface area contributed by atoms with Gasteiger partial charge in [0, 0.05) is 18.1 Å². The smallest absolute Gasteiger partial charge is 0.269 e. The first-order valence-corrected chi connectivity index (χ1v) is 8.91.